The van der Waals surface area contributed by atoms with Crippen LogP contribution in [0, 0.1) is 0 Å². The van der Waals surface area contributed by atoms with Crippen molar-refractivity contribution in [1.29, 1.82) is 0 Å². The third-order valence-corrected chi connectivity index (χ3v) is 4.10. The normalized spacial score (nSPS) is 10.7. The van der Waals surface area contributed by atoms with Crippen LogP contribution in [-0.2, 0) is 0 Å². The number of anilines is 1. The Kier molecular flexibility index (Phi) is 3.56. The van der Waals surface area contributed by atoms with Crippen molar-refractivity contribution >= 4 is 56.3 Å². The lowest BCUT2D eigenvalue weighted by molar-refractivity contribution is 0.102. The van der Waals surface area contributed by atoms with E-state index >= 15 is 0 Å². The fraction of sp³-hybridized carbons (Fsp3) is 0. The number of hydrogen-bond acceptors (Lipinski definition) is 4. The van der Waals surface area contributed by atoms with Crippen molar-refractivity contribution in [1.82, 2.24) is 9.97 Å². The number of nitrogens with zero attached hydrogens (tertiary/aromatic N) is 2. The second kappa shape index (κ2) is 5.36. The highest BCUT2D eigenvalue weighted by Gasteiger charge is 2.15. The molecule has 0 saturated carbocycles. The van der Waals surface area contributed by atoms with E-state index in [9.17, 15) is 4.79 Å². The number of carbonyl (C=O) groups excluding carboxylic acids is 1. The van der Waals surface area contributed by atoms with Gasteiger partial charge in [0.1, 0.15) is 10.7 Å². The smallest absolute Gasteiger partial charge is 0.258 e. The van der Waals surface area contributed by atoms with Crippen LogP contribution in [0.15, 0.2) is 36.0 Å². The Hall–Kier alpha value is -1.69. The van der Waals surface area contributed by atoms with Crippen LogP contribution >= 0.6 is 34.5 Å². The fourth-order valence-corrected chi connectivity index (χ4v) is 2.85. The first kappa shape index (κ1) is 13.3. The van der Waals surface area contributed by atoms with E-state index in [2.05, 4.69) is 15.3 Å². The summed E-state index contributed by atoms with van der Waals surface area (Å²) in [6.45, 7) is 0. The van der Waals surface area contributed by atoms with E-state index in [1.807, 2.05) is 6.07 Å². The minimum Gasteiger partial charge on any atom is -0.319 e. The molecule has 0 atom stereocenters. The number of hydrogen-bond donors (Lipinski definition) is 1. The lowest BCUT2D eigenvalue weighted by atomic mass is 10.2. The minimum atomic E-state index is -0.370. The first-order valence-electron chi connectivity index (χ1n) is 5.60. The molecule has 0 bridgehead atoms. The van der Waals surface area contributed by atoms with Crippen molar-refractivity contribution in [2.24, 2.45) is 0 Å². The number of pyridine rings is 1. The Morgan fingerprint density at radius 1 is 1.20 bits per heavy atom. The summed E-state index contributed by atoms with van der Waals surface area (Å²) in [6.07, 6.45) is 1.52. The number of aromatic nitrogens is 2. The molecule has 100 valence electrons. The molecule has 2 aromatic heterocycles. The number of nitrogens with one attached hydrogen (secondary N) is 1. The van der Waals surface area contributed by atoms with E-state index in [1.165, 1.54) is 17.5 Å². The average molecular weight is 324 g/mol. The molecule has 4 nitrogen and oxygen atoms in total. The van der Waals surface area contributed by atoms with E-state index in [0.717, 1.165) is 4.70 Å². The van der Waals surface area contributed by atoms with Crippen molar-refractivity contribution < 1.29 is 4.79 Å². The Morgan fingerprint density at radius 3 is 2.85 bits per heavy atom. The van der Waals surface area contributed by atoms with Crippen LogP contribution in [-0.4, -0.2) is 15.9 Å². The standard InChI is InChI=1S/C13H7Cl2N3OS/c14-8-3-4-9-11(17-6-20-9)10(8)18-13(19)7-2-1-5-16-12(7)15/h1-6H,(H,18,19). The molecule has 0 saturated heterocycles. The summed E-state index contributed by atoms with van der Waals surface area (Å²) in [5.74, 6) is -0.370. The van der Waals surface area contributed by atoms with E-state index in [4.69, 9.17) is 23.2 Å². The van der Waals surface area contributed by atoms with Gasteiger partial charge in [-0.15, -0.1) is 11.3 Å². The van der Waals surface area contributed by atoms with Crippen LogP contribution in [0.3, 0.4) is 0 Å². The lowest BCUT2D eigenvalue weighted by Gasteiger charge is -2.08. The summed E-state index contributed by atoms with van der Waals surface area (Å²) in [7, 11) is 0. The predicted molar refractivity (Wildman–Crippen MR) is 81.8 cm³/mol. The maximum Gasteiger partial charge on any atom is 0.258 e. The third-order valence-electron chi connectivity index (χ3n) is 2.69. The van der Waals surface area contributed by atoms with Crippen molar-refractivity contribution in [3.8, 4) is 0 Å². The molecule has 0 fully saturated rings. The molecular weight excluding hydrogens is 317 g/mol. The zero-order valence-electron chi connectivity index (χ0n) is 9.93. The summed E-state index contributed by atoms with van der Waals surface area (Å²) in [4.78, 5) is 20.3. The molecule has 0 aliphatic rings. The van der Waals surface area contributed by atoms with Gasteiger partial charge in [0.15, 0.2) is 0 Å². The molecular formula is C13H7Cl2N3OS. The quantitative estimate of drug-likeness (QED) is 0.717. The number of benzene rings is 1. The van der Waals surface area contributed by atoms with Gasteiger partial charge in [-0.3, -0.25) is 4.79 Å². The Morgan fingerprint density at radius 2 is 2.05 bits per heavy atom. The largest absolute Gasteiger partial charge is 0.319 e. The average Bonchev–Trinajstić information content (AvgIpc) is 2.91. The van der Waals surface area contributed by atoms with E-state index in [0.29, 0.717) is 16.2 Å². The maximum atomic E-state index is 12.2. The number of fused-ring (bicyclic) bond motifs is 1. The van der Waals surface area contributed by atoms with Crippen molar-refractivity contribution in [3.05, 3.63) is 51.7 Å². The molecule has 0 unspecified atom stereocenters. The molecule has 0 aliphatic heterocycles. The molecule has 0 spiro atoms. The highest BCUT2D eigenvalue weighted by Crippen LogP contribution is 2.32. The molecule has 1 aromatic carbocycles. The number of rotatable bonds is 2. The second-order valence-electron chi connectivity index (χ2n) is 3.92. The molecule has 7 heteroatoms. The number of carbonyl (C=O) groups is 1. The fourth-order valence-electron chi connectivity index (χ4n) is 1.76. The van der Waals surface area contributed by atoms with Gasteiger partial charge in [0.05, 0.1) is 26.5 Å². The van der Waals surface area contributed by atoms with Crippen LogP contribution < -0.4 is 5.32 Å². The monoisotopic (exact) mass is 323 g/mol. The molecule has 1 N–H and O–H groups in total. The molecule has 20 heavy (non-hydrogen) atoms. The van der Waals surface area contributed by atoms with Gasteiger partial charge in [0, 0.05) is 6.20 Å². The Labute approximate surface area is 128 Å². The van der Waals surface area contributed by atoms with Crippen LogP contribution in [0.1, 0.15) is 10.4 Å². The van der Waals surface area contributed by atoms with Gasteiger partial charge in [-0.05, 0) is 24.3 Å². The van der Waals surface area contributed by atoms with Crippen molar-refractivity contribution in [2.75, 3.05) is 5.32 Å². The molecule has 0 radical (unpaired) electrons. The van der Waals surface area contributed by atoms with E-state index in [1.54, 1.807) is 23.7 Å². The maximum absolute atomic E-state index is 12.2. The molecule has 3 aromatic rings. The molecule has 1 amide bonds. The zero-order valence-corrected chi connectivity index (χ0v) is 12.3. The van der Waals surface area contributed by atoms with Gasteiger partial charge in [-0.2, -0.15) is 0 Å². The number of amides is 1. The van der Waals surface area contributed by atoms with E-state index in [-0.39, 0.29) is 16.6 Å². The highest BCUT2D eigenvalue weighted by molar-refractivity contribution is 7.16. The van der Waals surface area contributed by atoms with Gasteiger partial charge in [0.2, 0.25) is 0 Å². The second-order valence-corrected chi connectivity index (χ2v) is 5.57. The molecule has 3 rings (SSSR count). The minimum absolute atomic E-state index is 0.145. The topological polar surface area (TPSA) is 54.9 Å². The van der Waals surface area contributed by atoms with Gasteiger partial charge in [0.25, 0.3) is 5.91 Å². The van der Waals surface area contributed by atoms with Gasteiger partial charge >= 0.3 is 0 Å². The summed E-state index contributed by atoms with van der Waals surface area (Å²) in [5.41, 5.74) is 3.14. The summed E-state index contributed by atoms with van der Waals surface area (Å²) in [6, 6.07) is 6.83. The number of halogens is 2. The first-order chi connectivity index (χ1) is 9.66. The lowest BCUT2D eigenvalue weighted by Crippen LogP contribution is -2.13. The van der Waals surface area contributed by atoms with Gasteiger partial charge in [-0.1, -0.05) is 23.2 Å². The Balaban J connectivity index is 2.01. The van der Waals surface area contributed by atoms with Gasteiger partial charge < -0.3 is 5.32 Å². The van der Waals surface area contributed by atoms with Crippen LogP contribution in [0.2, 0.25) is 10.2 Å². The SMILES string of the molecule is O=C(Nc1c(Cl)ccc2scnc12)c1cccnc1Cl. The Bertz CT molecular complexity index is 803. The van der Waals surface area contributed by atoms with Crippen LogP contribution in [0.5, 0.6) is 0 Å². The first-order valence-corrected chi connectivity index (χ1v) is 7.24. The van der Waals surface area contributed by atoms with Crippen molar-refractivity contribution in [2.45, 2.75) is 0 Å². The zero-order chi connectivity index (χ0) is 14.1. The van der Waals surface area contributed by atoms with Gasteiger partial charge in [-0.25, -0.2) is 9.97 Å². The predicted octanol–water partition coefficient (Wildman–Crippen LogP) is 4.25. The summed E-state index contributed by atoms with van der Waals surface area (Å²) < 4.78 is 0.946. The van der Waals surface area contributed by atoms with Crippen LogP contribution in [0.4, 0.5) is 5.69 Å². The van der Waals surface area contributed by atoms with E-state index < -0.39 is 0 Å². The molecule has 2 heterocycles. The van der Waals surface area contributed by atoms with Crippen molar-refractivity contribution in [3.63, 3.8) is 0 Å². The molecule has 0 aliphatic carbocycles. The summed E-state index contributed by atoms with van der Waals surface area (Å²) in [5, 5.41) is 3.32. The third kappa shape index (κ3) is 2.35. The number of thiazole rings is 1. The van der Waals surface area contributed by atoms with Crippen LogP contribution in [0.25, 0.3) is 10.2 Å². The summed E-state index contributed by atoms with van der Waals surface area (Å²) >= 11 is 13.5. The highest BCUT2D eigenvalue weighted by atomic mass is 35.5.